The van der Waals surface area contributed by atoms with Gasteiger partial charge in [-0.2, -0.15) is 0 Å². The van der Waals surface area contributed by atoms with Crippen molar-refractivity contribution in [3.63, 3.8) is 0 Å². The zero-order chi connectivity index (χ0) is 16.4. The summed E-state index contributed by atoms with van der Waals surface area (Å²) in [5.74, 6) is 0.705. The Bertz CT molecular complexity index is 931. The number of hydrogen-bond donors (Lipinski definition) is 1. The normalized spacial score (nSPS) is 11.4. The van der Waals surface area contributed by atoms with Crippen LogP contribution in [0.4, 0.5) is 5.69 Å². The van der Waals surface area contributed by atoms with E-state index < -0.39 is 4.92 Å². The summed E-state index contributed by atoms with van der Waals surface area (Å²) >= 11 is 0. The third-order valence-electron chi connectivity index (χ3n) is 3.70. The molecule has 0 unspecified atom stereocenters. The second-order valence-electron chi connectivity index (χ2n) is 5.16. The Morgan fingerprint density at radius 3 is 2.61 bits per heavy atom. The molecule has 5 heteroatoms. The summed E-state index contributed by atoms with van der Waals surface area (Å²) in [6.45, 7) is 1.51. The van der Waals surface area contributed by atoms with Gasteiger partial charge in [-0.05, 0) is 53.4 Å². The first kappa shape index (κ1) is 15.0. The van der Waals surface area contributed by atoms with Crippen LogP contribution in [0.1, 0.15) is 12.5 Å². The summed E-state index contributed by atoms with van der Waals surface area (Å²) in [5.41, 5.74) is 0.274. The number of ether oxygens (including phenoxy) is 1. The van der Waals surface area contributed by atoms with Crippen LogP contribution in [0.15, 0.2) is 54.8 Å². The van der Waals surface area contributed by atoms with Gasteiger partial charge < -0.3 is 9.84 Å². The van der Waals surface area contributed by atoms with Crippen molar-refractivity contribution in [3.8, 4) is 5.75 Å². The number of nitrogens with zero attached hydrogens (tertiary/aromatic N) is 1. The average Bonchev–Trinajstić information content (AvgIpc) is 2.56. The van der Waals surface area contributed by atoms with Crippen LogP contribution in [0.2, 0.25) is 0 Å². The van der Waals surface area contributed by atoms with E-state index in [4.69, 9.17) is 4.74 Å². The molecule has 3 aromatic carbocycles. The summed E-state index contributed by atoms with van der Waals surface area (Å²) < 4.78 is 5.45. The Morgan fingerprint density at radius 1 is 1.13 bits per heavy atom. The van der Waals surface area contributed by atoms with E-state index in [9.17, 15) is 15.2 Å². The first-order valence-corrected chi connectivity index (χ1v) is 7.16. The van der Waals surface area contributed by atoms with Crippen LogP contribution in [0, 0.1) is 10.1 Å². The van der Waals surface area contributed by atoms with Crippen LogP contribution >= 0.6 is 0 Å². The van der Waals surface area contributed by atoms with Crippen molar-refractivity contribution in [1.29, 1.82) is 0 Å². The average molecular weight is 309 g/mol. The number of aliphatic hydroxyl groups excluding tert-OH is 1. The Balaban J connectivity index is 2.25. The molecule has 0 heterocycles. The van der Waals surface area contributed by atoms with E-state index >= 15 is 0 Å². The van der Waals surface area contributed by atoms with Crippen LogP contribution in [-0.2, 0) is 6.61 Å². The lowest BCUT2D eigenvalue weighted by Crippen LogP contribution is -1.96. The summed E-state index contributed by atoms with van der Waals surface area (Å²) in [6, 6.07) is 12.6. The first-order chi connectivity index (χ1) is 11.1. The minimum absolute atomic E-state index is 0.0406. The molecule has 116 valence electrons. The molecule has 0 aliphatic heterocycles. The minimum Gasteiger partial charge on any atom is -0.465 e. The monoisotopic (exact) mass is 309 g/mol. The zero-order valence-electron chi connectivity index (χ0n) is 12.5. The molecular weight excluding hydrogens is 294 g/mol. The number of hydrogen-bond acceptors (Lipinski definition) is 4. The smallest absolute Gasteiger partial charge is 0.282 e. The second-order valence-corrected chi connectivity index (χ2v) is 5.16. The third kappa shape index (κ3) is 2.74. The molecule has 0 atom stereocenters. The lowest BCUT2D eigenvalue weighted by atomic mass is 9.99. The van der Waals surface area contributed by atoms with Crippen LogP contribution in [0.3, 0.4) is 0 Å². The first-order valence-electron chi connectivity index (χ1n) is 7.16. The molecule has 3 aromatic rings. The van der Waals surface area contributed by atoms with Gasteiger partial charge in [0.05, 0.1) is 28.7 Å². The van der Waals surface area contributed by atoms with Gasteiger partial charge in [-0.25, -0.2) is 0 Å². The zero-order valence-corrected chi connectivity index (χ0v) is 12.5. The van der Waals surface area contributed by atoms with Gasteiger partial charge in [0.15, 0.2) is 0 Å². The number of benzene rings is 3. The predicted octanol–water partition coefficient (Wildman–Crippen LogP) is 4.31. The number of rotatable bonds is 4. The molecule has 5 nitrogen and oxygen atoms in total. The molecule has 0 radical (unpaired) electrons. The summed E-state index contributed by atoms with van der Waals surface area (Å²) in [7, 11) is 0. The van der Waals surface area contributed by atoms with Gasteiger partial charge in [0.1, 0.15) is 5.75 Å². The molecular formula is C18H15NO4. The molecule has 0 aliphatic carbocycles. The fourth-order valence-electron chi connectivity index (χ4n) is 2.64. The topological polar surface area (TPSA) is 72.6 Å². The van der Waals surface area contributed by atoms with Crippen molar-refractivity contribution >= 4 is 27.2 Å². The molecule has 0 bridgehead atoms. The third-order valence-corrected chi connectivity index (χ3v) is 3.70. The van der Waals surface area contributed by atoms with Crippen molar-refractivity contribution in [2.75, 3.05) is 0 Å². The molecule has 3 rings (SSSR count). The summed E-state index contributed by atoms with van der Waals surface area (Å²) in [5, 5.41) is 23.8. The highest BCUT2D eigenvalue weighted by molar-refractivity contribution is 6.03. The quantitative estimate of drug-likeness (QED) is 0.337. The Hall–Kier alpha value is -2.92. The van der Waals surface area contributed by atoms with Crippen molar-refractivity contribution in [3.05, 3.63) is 70.5 Å². The molecule has 0 spiro atoms. The lowest BCUT2D eigenvalue weighted by Gasteiger charge is -2.07. The van der Waals surface area contributed by atoms with E-state index in [0.29, 0.717) is 16.7 Å². The predicted molar refractivity (Wildman–Crippen MR) is 89.5 cm³/mol. The van der Waals surface area contributed by atoms with Gasteiger partial charge in [0, 0.05) is 0 Å². The maximum atomic E-state index is 11.4. The molecule has 0 saturated carbocycles. The largest absolute Gasteiger partial charge is 0.465 e. The van der Waals surface area contributed by atoms with Crippen molar-refractivity contribution in [2.45, 2.75) is 13.5 Å². The number of nitro benzene ring substituents is 1. The fraction of sp³-hybridized carbons (Fsp3) is 0.111. The Morgan fingerprint density at radius 2 is 1.91 bits per heavy atom. The summed E-state index contributed by atoms with van der Waals surface area (Å²) in [4.78, 5) is 10.9. The van der Waals surface area contributed by atoms with E-state index in [0.717, 1.165) is 16.2 Å². The van der Waals surface area contributed by atoms with E-state index in [-0.39, 0.29) is 12.3 Å². The molecule has 23 heavy (non-hydrogen) atoms. The SMILES string of the molecule is CC=COc1ccc2cc3c([N+](=O)[O-])c(CO)ccc3cc2c1. The maximum Gasteiger partial charge on any atom is 0.282 e. The van der Waals surface area contributed by atoms with E-state index in [1.807, 2.05) is 31.2 Å². The van der Waals surface area contributed by atoms with Gasteiger partial charge in [-0.3, -0.25) is 10.1 Å². The second kappa shape index (κ2) is 6.06. The van der Waals surface area contributed by atoms with E-state index in [1.54, 1.807) is 30.5 Å². The number of aliphatic hydroxyl groups is 1. The standard InChI is InChI=1S/C18H15NO4/c1-2-7-23-16-6-5-12-10-17-13(8-15(12)9-16)3-4-14(11-20)18(17)19(21)22/h2-10,20H,11H2,1H3. The molecule has 0 aliphatic rings. The van der Waals surface area contributed by atoms with E-state index in [2.05, 4.69) is 0 Å². The molecule has 1 N–H and O–H groups in total. The van der Waals surface area contributed by atoms with Crippen LogP contribution in [0.25, 0.3) is 21.5 Å². The highest BCUT2D eigenvalue weighted by Gasteiger charge is 2.18. The van der Waals surface area contributed by atoms with Crippen LogP contribution in [-0.4, -0.2) is 10.0 Å². The van der Waals surface area contributed by atoms with Gasteiger partial charge in [0.2, 0.25) is 0 Å². The lowest BCUT2D eigenvalue weighted by molar-refractivity contribution is -0.384. The molecule has 0 saturated heterocycles. The van der Waals surface area contributed by atoms with Crippen LogP contribution in [0.5, 0.6) is 5.75 Å². The Kier molecular flexibility index (Phi) is 3.95. The Labute approximate surface area is 132 Å². The maximum absolute atomic E-state index is 11.4. The van der Waals surface area contributed by atoms with Gasteiger partial charge >= 0.3 is 0 Å². The summed E-state index contributed by atoms with van der Waals surface area (Å²) in [6.07, 6.45) is 3.39. The molecule has 0 amide bonds. The number of fused-ring (bicyclic) bond motifs is 2. The van der Waals surface area contributed by atoms with Crippen molar-refractivity contribution < 1.29 is 14.8 Å². The molecule has 0 aromatic heterocycles. The van der Waals surface area contributed by atoms with Gasteiger partial charge in [0.25, 0.3) is 5.69 Å². The van der Waals surface area contributed by atoms with Crippen LogP contribution < -0.4 is 4.74 Å². The number of allylic oxidation sites excluding steroid dienone is 1. The number of nitro groups is 1. The van der Waals surface area contributed by atoms with Gasteiger partial charge in [-0.1, -0.05) is 18.2 Å². The van der Waals surface area contributed by atoms with Gasteiger partial charge in [-0.15, -0.1) is 0 Å². The molecule has 0 fully saturated rings. The van der Waals surface area contributed by atoms with E-state index in [1.165, 1.54) is 0 Å². The minimum atomic E-state index is -0.441. The fourth-order valence-corrected chi connectivity index (χ4v) is 2.64. The highest BCUT2D eigenvalue weighted by Crippen LogP contribution is 2.34. The highest BCUT2D eigenvalue weighted by atomic mass is 16.6. The van der Waals surface area contributed by atoms with Crippen molar-refractivity contribution in [2.24, 2.45) is 0 Å². The van der Waals surface area contributed by atoms with Crippen molar-refractivity contribution in [1.82, 2.24) is 0 Å².